The summed E-state index contributed by atoms with van der Waals surface area (Å²) in [4.78, 5) is 10.8. The van der Waals surface area contributed by atoms with Crippen molar-refractivity contribution in [1.82, 2.24) is 0 Å². The van der Waals surface area contributed by atoms with Crippen LogP contribution in [0.3, 0.4) is 0 Å². The van der Waals surface area contributed by atoms with Crippen LogP contribution in [0.5, 0.6) is 0 Å². The topological polar surface area (TPSA) is 35.5 Å². The van der Waals surface area contributed by atoms with Crippen molar-refractivity contribution in [2.75, 3.05) is 7.11 Å². The molecule has 0 N–H and O–H groups in total. The van der Waals surface area contributed by atoms with Gasteiger partial charge in [0.15, 0.2) is 8.32 Å². The Morgan fingerprint density at radius 1 is 1.35 bits per heavy atom. The lowest BCUT2D eigenvalue weighted by Crippen LogP contribution is -2.43. The Labute approximate surface area is 106 Å². The van der Waals surface area contributed by atoms with Gasteiger partial charge in [-0.3, -0.25) is 0 Å². The van der Waals surface area contributed by atoms with Gasteiger partial charge in [-0.2, -0.15) is 0 Å². The molecule has 0 saturated carbocycles. The fourth-order valence-electron chi connectivity index (χ4n) is 1.04. The van der Waals surface area contributed by atoms with Gasteiger partial charge in [-0.05, 0) is 25.1 Å². The molecule has 0 aliphatic carbocycles. The maximum atomic E-state index is 10.8. The van der Waals surface area contributed by atoms with Crippen LogP contribution < -0.4 is 0 Å². The van der Waals surface area contributed by atoms with Gasteiger partial charge in [0, 0.05) is 12.3 Å². The lowest BCUT2D eigenvalue weighted by Gasteiger charge is -2.38. The molecule has 0 bridgehead atoms. The summed E-state index contributed by atoms with van der Waals surface area (Å²) in [6.45, 7) is 13.0. The van der Waals surface area contributed by atoms with E-state index in [9.17, 15) is 4.79 Å². The number of carbonyl (C=O) groups is 1. The lowest BCUT2D eigenvalue weighted by molar-refractivity contribution is -0.133. The molecule has 4 heteroatoms. The summed E-state index contributed by atoms with van der Waals surface area (Å²) in [6.07, 6.45) is 0.606. The number of carbonyl (C=O) groups excluding carboxylic acids is 1. The van der Waals surface area contributed by atoms with Crippen LogP contribution in [0.2, 0.25) is 18.1 Å². The zero-order valence-electron chi connectivity index (χ0n) is 12.0. The standard InChI is InChI=1S/C13H24O3Si/c1-11(9-8-10-12(14)15-5)16-17(6,7)13(2,3)4/h11H,9H2,1-7H3. The highest BCUT2D eigenvalue weighted by molar-refractivity contribution is 6.74. The zero-order valence-corrected chi connectivity index (χ0v) is 13.0. The van der Waals surface area contributed by atoms with E-state index >= 15 is 0 Å². The fraction of sp³-hybridized carbons (Fsp3) is 0.769. The van der Waals surface area contributed by atoms with E-state index in [2.05, 4.69) is 50.4 Å². The smallest absolute Gasteiger partial charge is 0.384 e. The minimum atomic E-state index is -1.74. The molecule has 0 heterocycles. The van der Waals surface area contributed by atoms with Crippen LogP contribution in [-0.4, -0.2) is 27.5 Å². The van der Waals surface area contributed by atoms with Gasteiger partial charge in [0.05, 0.1) is 13.2 Å². The second kappa shape index (κ2) is 6.22. The number of rotatable bonds is 3. The van der Waals surface area contributed by atoms with Gasteiger partial charge in [0.2, 0.25) is 0 Å². The predicted molar refractivity (Wildman–Crippen MR) is 72.2 cm³/mol. The second-order valence-electron chi connectivity index (χ2n) is 5.69. The van der Waals surface area contributed by atoms with Crippen molar-refractivity contribution in [3.05, 3.63) is 0 Å². The molecule has 0 amide bonds. The summed E-state index contributed by atoms with van der Waals surface area (Å²) >= 11 is 0. The van der Waals surface area contributed by atoms with Gasteiger partial charge in [-0.25, -0.2) is 4.79 Å². The molecule has 0 aliphatic rings. The summed E-state index contributed by atoms with van der Waals surface area (Å²) in [5.74, 6) is 4.70. The third-order valence-corrected chi connectivity index (χ3v) is 7.67. The van der Waals surface area contributed by atoms with E-state index in [0.29, 0.717) is 6.42 Å². The first-order chi connectivity index (χ1) is 7.60. The molecule has 0 radical (unpaired) electrons. The molecule has 3 nitrogen and oxygen atoms in total. The monoisotopic (exact) mass is 256 g/mol. The van der Waals surface area contributed by atoms with Gasteiger partial charge in [0.25, 0.3) is 0 Å². The third kappa shape index (κ3) is 5.90. The Kier molecular flexibility index (Phi) is 5.93. The summed E-state index contributed by atoms with van der Waals surface area (Å²) < 4.78 is 10.5. The number of esters is 1. The molecule has 98 valence electrons. The third-order valence-electron chi connectivity index (χ3n) is 3.07. The molecular weight excluding hydrogens is 232 g/mol. The molecule has 0 saturated heterocycles. The van der Waals surface area contributed by atoms with Gasteiger partial charge in [0.1, 0.15) is 0 Å². The van der Waals surface area contributed by atoms with E-state index in [1.54, 1.807) is 0 Å². The maximum absolute atomic E-state index is 10.8. The van der Waals surface area contributed by atoms with Crippen molar-refractivity contribution in [3.8, 4) is 11.8 Å². The normalized spacial score (nSPS) is 13.6. The van der Waals surface area contributed by atoms with Crippen LogP contribution in [-0.2, 0) is 14.0 Å². The first kappa shape index (κ1) is 16.2. The van der Waals surface area contributed by atoms with Crippen LogP contribution in [0.25, 0.3) is 0 Å². The Bertz CT molecular complexity index is 318. The minimum Gasteiger partial charge on any atom is -0.459 e. The molecule has 17 heavy (non-hydrogen) atoms. The zero-order chi connectivity index (χ0) is 13.7. The first-order valence-corrected chi connectivity index (χ1v) is 8.75. The fourth-order valence-corrected chi connectivity index (χ4v) is 2.48. The molecule has 1 unspecified atom stereocenters. The SMILES string of the molecule is COC(=O)C#CCC(C)O[Si](C)(C)C(C)(C)C. The Morgan fingerprint density at radius 2 is 1.88 bits per heavy atom. The van der Waals surface area contributed by atoms with E-state index in [1.807, 2.05) is 6.92 Å². The van der Waals surface area contributed by atoms with Crippen molar-refractivity contribution in [3.63, 3.8) is 0 Å². The molecule has 0 aromatic rings. The van der Waals surface area contributed by atoms with E-state index in [0.717, 1.165) is 0 Å². The largest absolute Gasteiger partial charge is 0.459 e. The molecule has 0 aliphatic heterocycles. The van der Waals surface area contributed by atoms with Gasteiger partial charge >= 0.3 is 5.97 Å². The van der Waals surface area contributed by atoms with Crippen molar-refractivity contribution in [2.24, 2.45) is 0 Å². The predicted octanol–water partition coefficient (Wildman–Crippen LogP) is 2.96. The second-order valence-corrected chi connectivity index (χ2v) is 10.4. The summed E-state index contributed by atoms with van der Waals surface area (Å²) in [6, 6.07) is 0. The first-order valence-electron chi connectivity index (χ1n) is 5.85. The minimum absolute atomic E-state index is 0.0491. The van der Waals surface area contributed by atoms with Crippen molar-refractivity contribution >= 4 is 14.3 Å². The summed E-state index contributed by atoms with van der Waals surface area (Å²) in [5.41, 5.74) is 0. The highest BCUT2D eigenvalue weighted by atomic mass is 28.4. The van der Waals surface area contributed by atoms with Gasteiger partial charge in [-0.1, -0.05) is 26.7 Å². The lowest BCUT2D eigenvalue weighted by atomic mass is 10.2. The van der Waals surface area contributed by atoms with E-state index in [4.69, 9.17) is 4.43 Å². The quantitative estimate of drug-likeness (QED) is 0.337. The molecule has 0 rings (SSSR count). The molecule has 0 spiro atoms. The van der Waals surface area contributed by atoms with E-state index < -0.39 is 14.3 Å². The maximum Gasteiger partial charge on any atom is 0.384 e. The number of ether oxygens (including phenoxy) is 1. The molecular formula is C13H24O3Si. The summed E-state index contributed by atoms with van der Waals surface area (Å²) in [7, 11) is -0.411. The number of hydrogen-bond acceptors (Lipinski definition) is 3. The average Bonchev–Trinajstić information content (AvgIpc) is 2.14. The molecule has 1 atom stereocenters. The van der Waals surface area contributed by atoms with Crippen molar-refractivity contribution in [2.45, 2.75) is 58.4 Å². The van der Waals surface area contributed by atoms with Crippen LogP contribution in [0.1, 0.15) is 34.1 Å². The number of methoxy groups -OCH3 is 1. The van der Waals surface area contributed by atoms with Crippen LogP contribution in [0.15, 0.2) is 0 Å². The van der Waals surface area contributed by atoms with Crippen molar-refractivity contribution in [1.29, 1.82) is 0 Å². The Balaban J connectivity index is 4.31. The summed E-state index contributed by atoms with van der Waals surface area (Å²) in [5, 5.41) is 0.192. The number of hydrogen-bond donors (Lipinski definition) is 0. The van der Waals surface area contributed by atoms with Crippen LogP contribution in [0.4, 0.5) is 0 Å². The van der Waals surface area contributed by atoms with Crippen LogP contribution >= 0.6 is 0 Å². The molecule has 0 fully saturated rings. The highest BCUT2D eigenvalue weighted by Crippen LogP contribution is 2.37. The van der Waals surface area contributed by atoms with Crippen LogP contribution in [0, 0.1) is 11.8 Å². The van der Waals surface area contributed by atoms with Gasteiger partial charge < -0.3 is 9.16 Å². The van der Waals surface area contributed by atoms with Crippen molar-refractivity contribution < 1.29 is 14.0 Å². The average molecular weight is 256 g/mol. The van der Waals surface area contributed by atoms with E-state index in [-0.39, 0.29) is 11.1 Å². The van der Waals surface area contributed by atoms with E-state index in [1.165, 1.54) is 7.11 Å². The molecule has 0 aromatic heterocycles. The van der Waals surface area contributed by atoms with Gasteiger partial charge in [-0.15, -0.1) is 0 Å². The Morgan fingerprint density at radius 3 is 2.29 bits per heavy atom. The Hall–Kier alpha value is -0.793. The highest BCUT2D eigenvalue weighted by Gasteiger charge is 2.38. The molecule has 0 aromatic carbocycles.